The van der Waals surface area contributed by atoms with E-state index in [9.17, 15) is 4.79 Å². The normalized spacial score (nSPS) is 20.3. The largest absolute Gasteiger partial charge is 0.444 e. The summed E-state index contributed by atoms with van der Waals surface area (Å²) in [5, 5.41) is 2.69. The predicted molar refractivity (Wildman–Crippen MR) is 57.7 cm³/mol. The van der Waals surface area contributed by atoms with E-state index in [1.807, 2.05) is 32.9 Å². The molecule has 0 unspecified atom stereocenters. The maximum atomic E-state index is 11.2. The van der Waals surface area contributed by atoms with Crippen molar-refractivity contribution in [1.82, 2.24) is 5.32 Å². The van der Waals surface area contributed by atoms with E-state index in [-0.39, 0.29) is 12.2 Å². The van der Waals surface area contributed by atoms with Crippen molar-refractivity contribution in [2.75, 3.05) is 13.2 Å². The van der Waals surface area contributed by atoms with Gasteiger partial charge in [-0.15, -0.1) is 0 Å². The monoisotopic (exact) mass is 213 g/mol. The van der Waals surface area contributed by atoms with Crippen molar-refractivity contribution in [1.29, 1.82) is 0 Å². The van der Waals surface area contributed by atoms with E-state index in [2.05, 4.69) is 5.32 Å². The molecule has 4 nitrogen and oxygen atoms in total. The summed E-state index contributed by atoms with van der Waals surface area (Å²) in [6.45, 7) is 6.78. The Hall–Kier alpha value is -1.03. The van der Waals surface area contributed by atoms with Gasteiger partial charge in [-0.05, 0) is 27.2 Å². The Labute approximate surface area is 90.6 Å². The number of rotatable bonds is 3. The van der Waals surface area contributed by atoms with Gasteiger partial charge in [0.1, 0.15) is 5.60 Å². The van der Waals surface area contributed by atoms with Crippen LogP contribution in [0, 0.1) is 0 Å². The first-order chi connectivity index (χ1) is 6.97. The van der Waals surface area contributed by atoms with Gasteiger partial charge in [0.2, 0.25) is 0 Å². The molecule has 4 heteroatoms. The van der Waals surface area contributed by atoms with Crippen LogP contribution < -0.4 is 5.32 Å². The van der Waals surface area contributed by atoms with Gasteiger partial charge in [-0.3, -0.25) is 0 Å². The molecule has 86 valence electrons. The molecule has 0 bridgehead atoms. The van der Waals surface area contributed by atoms with E-state index >= 15 is 0 Å². The summed E-state index contributed by atoms with van der Waals surface area (Å²) in [7, 11) is 0. The molecule has 1 amide bonds. The molecule has 0 saturated carbocycles. The molecule has 0 radical (unpaired) electrons. The van der Waals surface area contributed by atoms with Crippen molar-refractivity contribution in [2.45, 2.75) is 38.9 Å². The molecule has 1 aliphatic heterocycles. The Morgan fingerprint density at radius 2 is 2.33 bits per heavy atom. The van der Waals surface area contributed by atoms with Gasteiger partial charge < -0.3 is 14.8 Å². The molecule has 0 spiro atoms. The van der Waals surface area contributed by atoms with E-state index in [0.29, 0.717) is 13.2 Å². The molecule has 1 atom stereocenters. The molecule has 0 aromatic carbocycles. The lowest BCUT2D eigenvalue weighted by Gasteiger charge is -2.19. The van der Waals surface area contributed by atoms with Crippen LogP contribution in [0.5, 0.6) is 0 Å². The summed E-state index contributed by atoms with van der Waals surface area (Å²) in [5.41, 5.74) is -0.437. The lowest BCUT2D eigenvalue weighted by atomic mass is 10.2. The van der Waals surface area contributed by atoms with Crippen molar-refractivity contribution in [3.8, 4) is 0 Å². The number of alkyl carbamates (subject to hydrolysis) is 1. The summed E-state index contributed by atoms with van der Waals surface area (Å²) in [6.07, 6.45) is 4.55. The number of carbonyl (C=O) groups excluding carboxylic acids is 1. The molecule has 1 rings (SSSR count). The van der Waals surface area contributed by atoms with E-state index in [1.165, 1.54) is 0 Å². The van der Waals surface area contributed by atoms with Gasteiger partial charge >= 0.3 is 6.09 Å². The molecule has 15 heavy (non-hydrogen) atoms. The van der Waals surface area contributed by atoms with Crippen LogP contribution in [-0.2, 0) is 9.47 Å². The molecule has 1 N–H and O–H groups in total. The van der Waals surface area contributed by atoms with E-state index in [4.69, 9.17) is 9.47 Å². The summed E-state index contributed by atoms with van der Waals surface area (Å²) in [5.74, 6) is 0. The molecule has 0 saturated heterocycles. The van der Waals surface area contributed by atoms with Gasteiger partial charge in [0, 0.05) is 6.54 Å². The summed E-state index contributed by atoms with van der Waals surface area (Å²) < 4.78 is 10.4. The second-order valence-electron chi connectivity index (χ2n) is 4.52. The van der Waals surface area contributed by atoms with Crippen LogP contribution in [0.15, 0.2) is 12.2 Å². The number of carbonyl (C=O) groups is 1. The van der Waals surface area contributed by atoms with Crippen LogP contribution in [-0.4, -0.2) is 30.9 Å². The zero-order valence-corrected chi connectivity index (χ0v) is 9.58. The van der Waals surface area contributed by atoms with Crippen LogP contribution in [0.3, 0.4) is 0 Å². The van der Waals surface area contributed by atoms with Crippen molar-refractivity contribution >= 4 is 6.09 Å². The fraction of sp³-hybridized carbons (Fsp3) is 0.727. The SMILES string of the molecule is CC(C)(C)OC(=O)NCC[C@@H]1C=CCO1. The van der Waals surface area contributed by atoms with Crippen LogP contribution in [0.1, 0.15) is 27.2 Å². The van der Waals surface area contributed by atoms with Gasteiger partial charge in [-0.2, -0.15) is 0 Å². The first-order valence-electron chi connectivity index (χ1n) is 5.22. The Balaban J connectivity index is 2.09. The molecular weight excluding hydrogens is 194 g/mol. The minimum absolute atomic E-state index is 0.139. The zero-order chi connectivity index (χ0) is 11.3. The second kappa shape index (κ2) is 5.16. The third kappa shape index (κ3) is 5.42. The predicted octanol–water partition coefficient (Wildman–Crippen LogP) is 1.86. The smallest absolute Gasteiger partial charge is 0.407 e. The minimum atomic E-state index is -0.437. The molecular formula is C11H19NO3. The molecule has 0 aliphatic carbocycles. The molecule has 1 aliphatic rings. The van der Waals surface area contributed by atoms with Crippen LogP contribution in [0.25, 0.3) is 0 Å². The fourth-order valence-electron chi connectivity index (χ4n) is 1.25. The first kappa shape index (κ1) is 12.0. The topological polar surface area (TPSA) is 47.6 Å². The highest BCUT2D eigenvalue weighted by Crippen LogP contribution is 2.08. The summed E-state index contributed by atoms with van der Waals surface area (Å²) >= 11 is 0. The number of nitrogens with one attached hydrogen (secondary N) is 1. The summed E-state index contributed by atoms with van der Waals surface area (Å²) in [6, 6.07) is 0. The molecule has 0 aromatic rings. The van der Waals surface area contributed by atoms with Gasteiger partial charge in [0.05, 0.1) is 12.7 Å². The second-order valence-corrected chi connectivity index (χ2v) is 4.52. The van der Waals surface area contributed by atoms with E-state index in [1.54, 1.807) is 0 Å². The van der Waals surface area contributed by atoms with Crippen molar-refractivity contribution in [2.24, 2.45) is 0 Å². The van der Waals surface area contributed by atoms with Crippen molar-refractivity contribution < 1.29 is 14.3 Å². The van der Waals surface area contributed by atoms with E-state index in [0.717, 1.165) is 6.42 Å². The number of amides is 1. The average molecular weight is 213 g/mol. The Morgan fingerprint density at radius 1 is 1.60 bits per heavy atom. The lowest BCUT2D eigenvalue weighted by molar-refractivity contribution is 0.0515. The number of hydrogen-bond donors (Lipinski definition) is 1. The zero-order valence-electron chi connectivity index (χ0n) is 9.58. The number of hydrogen-bond acceptors (Lipinski definition) is 3. The third-order valence-corrected chi connectivity index (χ3v) is 1.85. The summed E-state index contributed by atoms with van der Waals surface area (Å²) in [4.78, 5) is 11.2. The van der Waals surface area contributed by atoms with E-state index < -0.39 is 5.60 Å². The first-order valence-corrected chi connectivity index (χ1v) is 5.22. The highest BCUT2D eigenvalue weighted by Gasteiger charge is 2.16. The Bertz CT molecular complexity index is 243. The fourth-order valence-corrected chi connectivity index (χ4v) is 1.25. The van der Waals surface area contributed by atoms with Crippen molar-refractivity contribution in [3.05, 3.63) is 12.2 Å². The maximum absolute atomic E-state index is 11.2. The Morgan fingerprint density at radius 3 is 2.87 bits per heavy atom. The molecule has 0 fully saturated rings. The van der Waals surface area contributed by atoms with Gasteiger partial charge in [-0.25, -0.2) is 4.79 Å². The number of ether oxygens (including phenoxy) is 2. The highest BCUT2D eigenvalue weighted by atomic mass is 16.6. The molecule has 0 aromatic heterocycles. The lowest BCUT2D eigenvalue weighted by Crippen LogP contribution is -2.33. The van der Waals surface area contributed by atoms with Crippen LogP contribution in [0.2, 0.25) is 0 Å². The van der Waals surface area contributed by atoms with Gasteiger partial charge in [-0.1, -0.05) is 12.2 Å². The quantitative estimate of drug-likeness (QED) is 0.728. The standard InChI is InChI=1S/C11H19NO3/c1-11(2,3)15-10(13)12-7-6-9-5-4-8-14-9/h4-5,9H,6-8H2,1-3H3,(H,12,13)/t9-/m0/s1. The Kier molecular flexibility index (Phi) is 4.15. The van der Waals surface area contributed by atoms with Crippen molar-refractivity contribution in [3.63, 3.8) is 0 Å². The van der Waals surface area contributed by atoms with Crippen LogP contribution in [0.4, 0.5) is 4.79 Å². The third-order valence-electron chi connectivity index (χ3n) is 1.85. The van der Waals surface area contributed by atoms with Crippen LogP contribution >= 0.6 is 0 Å². The maximum Gasteiger partial charge on any atom is 0.407 e. The minimum Gasteiger partial charge on any atom is -0.444 e. The average Bonchev–Trinajstić information content (AvgIpc) is 2.53. The van der Waals surface area contributed by atoms with Gasteiger partial charge in [0.15, 0.2) is 0 Å². The van der Waals surface area contributed by atoms with Gasteiger partial charge in [0.25, 0.3) is 0 Å². The molecule has 1 heterocycles. The highest BCUT2D eigenvalue weighted by molar-refractivity contribution is 5.67.